The highest BCUT2D eigenvalue weighted by Gasteiger charge is 2.30. The fourth-order valence-corrected chi connectivity index (χ4v) is 2.83. The molecule has 1 unspecified atom stereocenters. The molecule has 1 aliphatic carbocycles. The normalized spacial score (nSPS) is 18.9. The number of halogens is 1. The second kappa shape index (κ2) is 3.99. The van der Waals surface area contributed by atoms with Crippen LogP contribution in [0.2, 0.25) is 4.34 Å². The summed E-state index contributed by atoms with van der Waals surface area (Å²) in [6.07, 6.45) is 3.92. The summed E-state index contributed by atoms with van der Waals surface area (Å²) < 4.78 is 0.903. The number of hydrogen-bond donors (Lipinski definition) is 1. The number of thiophene rings is 1. The van der Waals surface area contributed by atoms with Crippen LogP contribution in [0.1, 0.15) is 17.7 Å². The minimum absolute atomic E-state index is 0.662. The first-order valence-electron chi connectivity index (χ1n) is 4.71. The lowest BCUT2D eigenvalue weighted by Crippen LogP contribution is -2.29. The molecule has 1 aromatic rings. The summed E-state index contributed by atoms with van der Waals surface area (Å²) in [4.78, 5) is 1.40. The monoisotopic (exact) mass is 215 g/mol. The smallest absolute Gasteiger partial charge is 0.0931 e. The van der Waals surface area contributed by atoms with Gasteiger partial charge in [0.25, 0.3) is 0 Å². The van der Waals surface area contributed by atoms with Gasteiger partial charge in [0.05, 0.1) is 4.34 Å². The molecule has 72 valence electrons. The zero-order valence-electron chi connectivity index (χ0n) is 7.72. The van der Waals surface area contributed by atoms with Crippen LogP contribution in [-0.2, 0) is 6.42 Å². The van der Waals surface area contributed by atoms with Gasteiger partial charge in [-0.2, -0.15) is 0 Å². The van der Waals surface area contributed by atoms with Gasteiger partial charge in [-0.25, -0.2) is 0 Å². The van der Waals surface area contributed by atoms with E-state index in [4.69, 9.17) is 11.6 Å². The molecule has 0 spiro atoms. The van der Waals surface area contributed by atoms with E-state index in [0.29, 0.717) is 6.04 Å². The number of hydrogen-bond acceptors (Lipinski definition) is 2. The van der Waals surface area contributed by atoms with E-state index in [1.165, 1.54) is 17.7 Å². The average molecular weight is 216 g/mol. The van der Waals surface area contributed by atoms with Crippen LogP contribution in [0.5, 0.6) is 0 Å². The van der Waals surface area contributed by atoms with Crippen LogP contribution in [0, 0.1) is 5.92 Å². The van der Waals surface area contributed by atoms with Crippen molar-refractivity contribution in [3.63, 3.8) is 0 Å². The fraction of sp³-hybridized carbons (Fsp3) is 0.600. The molecule has 1 saturated carbocycles. The van der Waals surface area contributed by atoms with Crippen LogP contribution in [-0.4, -0.2) is 13.1 Å². The van der Waals surface area contributed by atoms with Gasteiger partial charge < -0.3 is 5.32 Å². The molecule has 3 heteroatoms. The predicted octanol–water partition coefficient (Wildman–Crippen LogP) is 2.94. The van der Waals surface area contributed by atoms with Crippen molar-refractivity contribution in [1.29, 1.82) is 0 Å². The largest absolute Gasteiger partial charge is 0.316 e. The molecular formula is C10H14ClNS. The minimum atomic E-state index is 0.662. The third-order valence-electron chi connectivity index (χ3n) is 2.61. The number of nitrogens with one attached hydrogen (secondary N) is 1. The van der Waals surface area contributed by atoms with Crippen molar-refractivity contribution in [2.45, 2.75) is 25.3 Å². The van der Waals surface area contributed by atoms with Crippen LogP contribution in [0.15, 0.2) is 12.1 Å². The molecule has 0 bridgehead atoms. The maximum atomic E-state index is 5.88. The molecule has 0 radical (unpaired) electrons. The van der Waals surface area contributed by atoms with Crippen LogP contribution in [0.4, 0.5) is 0 Å². The Hall–Kier alpha value is -0.0500. The summed E-state index contributed by atoms with van der Waals surface area (Å²) in [6, 6.07) is 4.79. The average Bonchev–Trinajstić information content (AvgIpc) is 2.87. The molecule has 0 saturated heterocycles. The second-order valence-electron chi connectivity index (χ2n) is 3.64. The van der Waals surface area contributed by atoms with Crippen molar-refractivity contribution in [2.75, 3.05) is 7.05 Å². The zero-order chi connectivity index (χ0) is 9.26. The topological polar surface area (TPSA) is 12.0 Å². The Morgan fingerprint density at radius 3 is 2.85 bits per heavy atom. The van der Waals surface area contributed by atoms with E-state index in [2.05, 4.69) is 18.4 Å². The highest BCUT2D eigenvalue weighted by atomic mass is 35.5. The molecule has 1 N–H and O–H groups in total. The van der Waals surface area contributed by atoms with E-state index in [-0.39, 0.29) is 0 Å². The van der Waals surface area contributed by atoms with Crippen molar-refractivity contribution in [3.8, 4) is 0 Å². The van der Waals surface area contributed by atoms with Crippen LogP contribution in [0.3, 0.4) is 0 Å². The van der Waals surface area contributed by atoms with Crippen molar-refractivity contribution in [3.05, 3.63) is 21.3 Å². The Kier molecular flexibility index (Phi) is 2.92. The van der Waals surface area contributed by atoms with E-state index < -0.39 is 0 Å². The first kappa shape index (κ1) is 9.50. The van der Waals surface area contributed by atoms with Crippen molar-refractivity contribution < 1.29 is 0 Å². The van der Waals surface area contributed by atoms with Crippen molar-refractivity contribution in [2.24, 2.45) is 5.92 Å². The summed E-state index contributed by atoms with van der Waals surface area (Å²) >= 11 is 7.58. The van der Waals surface area contributed by atoms with Crippen molar-refractivity contribution >= 4 is 22.9 Å². The number of likely N-dealkylation sites (N-methyl/N-ethyl adjacent to an activating group) is 1. The molecule has 0 aromatic carbocycles. The fourth-order valence-electron chi connectivity index (χ4n) is 1.68. The van der Waals surface area contributed by atoms with E-state index in [1.54, 1.807) is 11.3 Å². The zero-order valence-corrected chi connectivity index (χ0v) is 9.29. The van der Waals surface area contributed by atoms with Gasteiger partial charge in [-0.15, -0.1) is 11.3 Å². The quantitative estimate of drug-likeness (QED) is 0.815. The molecule has 1 heterocycles. The van der Waals surface area contributed by atoms with E-state index in [9.17, 15) is 0 Å². The molecule has 1 fully saturated rings. The Morgan fingerprint density at radius 2 is 2.38 bits per heavy atom. The first-order valence-corrected chi connectivity index (χ1v) is 5.90. The third kappa shape index (κ3) is 2.46. The van der Waals surface area contributed by atoms with Gasteiger partial charge in [0.1, 0.15) is 0 Å². The summed E-state index contributed by atoms with van der Waals surface area (Å²) in [5, 5.41) is 3.39. The first-order chi connectivity index (χ1) is 6.29. The molecule has 2 rings (SSSR count). The maximum absolute atomic E-state index is 5.88. The highest BCUT2D eigenvalue weighted by molar-refractivity contribution is 7.16. The van der Waals surface area contributed by atoms with Crippen LogP contribution < -0.4 is 5.32 Å². The van der Waals surface area contributed by atoms with Crippen LogP contribution in [0.25, 0.3) is 0 Å². The summed E-state index contributed by atoms with van der Waals surface area (Å²) in [5.74, 6) is 0.908. The van der Waals surface area contributed by atoms with Gasteiger partial charge in [-0.3, -0.25) is 0 Å². The maximum Gasteiger partial charge on any atom is 0.0931 e. The molecule has 1 aromatic heterocycles. The molecule has 13 heavy (non-hydrogen) atoms. The van der Waals surface area contributed by atoms with Crippen LogP contribution >= 0.6 is 22.9 Å². The SMILES string of the molecule is CNC(Cc1ccc(Cl)s1)C1CC1. The molecular weight excluding hydrogens is 202 g/mol. The van der Waals surface area contributed by atoms with Gasteiger partial charge >= 0.3 is 0 Å². The van der Waals surface area contributed by atoms with Crippen molar-refractivity contribution in [1.82, 2.24) is 5.32 Å². The molecule has 1 aliphatic rings. The van der Waals surface area contributed by atoms with Gasteiger partial charge in [0.2, 0.25) is 0 Å². The molecule has 0 aliphatic heterocycles. The lowest BCUT2D eigenvalue weighted by Gasteiger charge is -2.13. The van der Waals surface area contributed by atoms with E-state index in [0.717, 1.165) is 16.7 Å². The highest BCUT2D eigenvalue weighted by Crippen LogP contribution is 2.35. The van der Waals surface area contributed by atoms with Gasteiger partial charge in [0, 0.05) is 10.9 Å². The van der Waals surface area contributed by atoms with Gasteiger partial charge in [-0.05, 0) is 44.4 Å². The Balaban J connectivity index is 1.95. The Bertz CT molecular complexity index is 280. The molecule has 1 atom stereocenters. The second-order valence-corrected chi connectivity index (χ2v) is 5.44. The van der Waals surface area contributed by atoms with Gasteiger partial charge in [-0.1, -0.05) is 11.6 Å². The predicted molar refractivity (Wildman–Crippen MR) is 58.6 cm³/mol. The standard InChI is InChI=1S/C10H14ClNS/c1-12-9(7-2-3-7)6-8-4-5-10(11)13-8/h4-5,7,9,12H,2-3,6H2,1H3. The Labute approximate surface area is 88.1 Å². The summed E-state index contributed by atoms with van der Waals surface area (Å²) in [6.45, 7) is 0. The summed E-state index contributed by atoms with van der Waals surface area (Å²) in [5.41, 5.74) is 0. The van der Waals surface area contributed by atoms with E-state index >= 15 is 0 Å². The Morgan fingerprint density at radius 1 is 1.62 bits per heavy atom. The minimum Gasteiger partial charge on any atom is -0.316 e. The molecule has 1 nitrogen and oxygen atoms in total. The third-order valence-corrected chi connectivity index (χ3v) is 3.87. The lowest BCUT2D eigenvalue weighted by molar-refractivity contribution is 0.503. The lowest BCUT2D eigenvalue weighted by atomic mass is 10.1. The number of rotatable bonds is 4. The molecule has 0 amide bonds. The summed E-state index contributed by atoms with van der Waals surface area (Å²) in [7, 11) is 2.05. The van der Waals surface area contributed by atoms with Gasteiger partial charge in [0.15, 0.2) is 0 Å². The van der Waals surface area contributed by atoms with E-state index in [1.807, 2.05) is 6.07 Å².